The molecule has 224 valence electrons. The van der Waals surface area contributed by atoms with Crippen LogP contribution in [-0.2, 0) is 9.53 Å². The Labute approximate surface area is 238 Å². The third kappa shape index (κ3) is 7.22. The van der Waals surface area contributed by atoms with Crippen LogP contribution in [0.1, 0.15) is 47.5 Å². The summed E-state index contributed by atoms with van der Waals surface area (Å²) in [4.78, 5) is 34.8. The van der Waals surface area contributed by atoms with Crippen LogP contribution in [0.2, 0.25) is 0 Å². The summed E-state index contributed by atoms with van der Waals surface area (Å²) in [6.45, 7) is 1.82. The molecule has 2 aromatic rings. The Hall–Kier alpha value is -3.54. The maximum absolute atomic E-state index is 14.0. The van der Waals surface area contributed by atoms with Gasteiger partial charge in [0, 0.05) is 40.3 Å². The van der Waals surface area contributed by atoms with Crippen LogP contribution in [0.5, 0.6) is 11.6 Å². The van der Waals surface area contributed by atoms with E-state index in [2.05, 4.69) is 9.88 Å². The highest BCUT2D eigenvalue weighted by molar-refractivity contribution is 5.96. The largest absolute Gasteiger partial charge is 0.497 e. The first kappa shape index (κ1) is 30.4. The minimum absolute atomic E-state index is 0.00898. The second-order valence-electron chi connectivity index (χ2n) is 10.5. The van der Waals surface area contributed by atoms with Gasteiger partial charge < -0.3 is 28.9 Å². The van der Waals surface area contributed by atoms with E-state index in [1.165, 1.54) is 42.2 Å². The number of ether oxygens (including phenoxy) is 3. The number of methoxy groups -OCH3 is 2. The number of aromatic nitrogens is 1. The van der Waals surface area contributed by atoms with Gasteiger partial charge in [0.05, 0.1) is 26.4 Å². The van der Waals surface area contributed by atoms with Gasteiger partial charge in [0.2, 0.25) is 11.8 Å². The third-order valence-corrected chi connectivity index (χ3v) is 7.58. The lowest BCUT2D eigenvalue weighted by Gasteiger charge is -2.38. The molecule has 0 aliphatic carbocycles. The van der Waals surface area contributed by atoms with Crippen molar-refractivity contribution in [1.29, 1.82) is 0 Å². The lowest BCUT2D eigenvalue weighted by Crippen LogP contribution is -2.47. The molecule has 9 nitrogen and oxygen atoms in total. The van der Waals surface area contributed by atoms with Gasteiger partial charge >= 0.3 is 6.18 Å². The van der Waals surface area contributed by atoms with Crippen LogP contribution in [-0.4, -0.2) is 99.5 Å². The standard InChI is InChI=1S/C29H37F3N4O5/c1-34(2)27(37)23-8-9-24(33-26(23)40-4)35-14-10-20(11-15-35)41-21-12-16-36(17-13-21)28(38)25(29(30,31)32)19-6-5-7-22(18-19)39-3/h5-9,18,20-21,25H,10-17H2,1-4H3. The second kappa shape index (κ2) is 13.0. The van der Waals surface area contributed by atoms with Crippen LogP contribution < -0.4 is 14.4 Å². The van der Waals surface area contributed by atoms with E-state index in [0.717, 1.165) is 18.7 Å². The number of likely N-dealkylation sites (tertiary alicyclic amines) is 1. The quantitative estimate of drug-likeness (QED) is 0.466. The maximum Gasteiger partial charge on any atom is 0.404 e. The summed E-state index contributed by atoms with van der Waals surface area (Å²) in [6.07, 6.45) is -2.35. The van der Waals surface area contributed by atoms with Gasteiger partial charge in [-0.25, -0.2) is 0 Å². The van der Waals surface area contributed by atoms with Crippen molar-refractivity contribution in [1.82, 2.24) is 14.8 Å². The fraction of sp³-hybridized carbons (Fsp3) is 0.552. The minimum Gasteiger partial charge on any atom is -0.497 e. The molecule has 41 heavy (non-hydrogen) atoms. The van der Waals surface area contributed by atoms with E-state index >= 15 is 0 Å². The Kier molecular flexibility index (Phi) is 9.62. The molecule has 1 aromatic carbocycles. The number of nitrogens with zero attached hydrogens (tertiary/aromatic N) is 4. The normalized spacial score (nSPS) is 17.7. The van der Waals surface area contributed by atoms with Gasteiger partial charge in [-0.05, 0) is 55.5 Å². The predicted octanol–water partition coefficient (Wildman–Crippen LogP) is 4.12. The highest BCUT2D eigenvalue weighted by atomic mass is 19.4. The van der Waals surface area contributed by atoms with Crippen molar-refractivity contribution in [3.05, 3.63) is 47.5 Å². The molecule has 0 saturated carbocycles. The van der Waals surface area contributed by atoms with Crippen molar-refractivity contribution in [2.45, 2.75) is 50.0 Å². The van der Waals surface area contributed by atoms with E-state index in [9.17, 15) is 22.8 Å². The smallest absolute Gasteiger partial charge is 0.404 e. The summed E-state index contributed by atoms with van der Waals surface area (Å²) < 4.78 is 58.6. The Morgan fingerprint density at radius 1 is 0.951 bits per heavy atom. The van der Waals surface area contributed by atoms with Crippen LogP contribution >= 0.6 is 0 Å². The summed E-state index contributed by atoms with van der Waals surface area (Å²) in [6, 6.07) is 9.11. The number of anilines is 1. The van der Waals surface area contributed by atoms with Gasteiger partial charge in [0.25, 0.3) is 5.91 Å². The van der Waals surface area contributed by atoms with Gasteiger partial charge in [-0.15, -0.1) is 0 Å². The van der Waals surface area contributed by atoms with Gasteiger partial charge in [0.15, 0.2) is 5.92 Å². The molecule has 1 aromatic heterocycles. The SMILES string of the molecule is COc1cccc(C(C(=O)N2CCC(OC3CCN(c4ccc(C(=O)N(C)C)c(OC)n4)CC3)CC2)C(F)(F)F)c1. The molecule has 4 rings (SSSR count). The first-order chi connectivity index (χ1) is 19.5. The zero-order chi connectivity index (χ0) is 29.7. The average molecular weight is 579 g/mol. The summed E-state index contributed by atoms with van der Waals surface area (Å²) >= 11 is 0. The molecule has 2 saturated heterocycles. The van der Waals surface area contributed by atoms with Crippen molar-refractivity contribution in [3.63, 3.8) is 0 Å². The first-order valence-corrected chi connectivity index (χ1v) is 13.7. The molecule has 12 heteroatoms. The van der Waals surface area contributed by atoms with E-state index in [0.29, 0.717) is 31.5 Å². The monoisotopic (exact) mass is 578 g/mol. The predicted molar refractivity (Wildman–Crippen MR) is 147 cm³/mol. The first-order valence-electron chi connectivity index (χ1n) is 13.7. The van der Waals surface area contributed by atoms with Crippen LogP contribution in [0.15, 0.2) is 36.4 Å². The highest BCUT2D eigenvalue weighted by Crippen LogP contribution is 2.38. The fourth-order valence-corrected chi connectivity index (χ4v) is 5.35. The van der Waals surface area contributed by atoms with Gasteiger partial charge in [-0.2, -0.15) is 18.2 Å². The molecular formula is C29H37F3N4O5. The lowest BCUT2D eigenvalue weighted by atomic mass is 9.95. The van der Waals surface area contributed by atoms with Crippen LogP contribution in [0.4, 0.5) is 19.0 Å². The molecule has 2 amide bonds. The Balaban J connectivity index is 1.29. The van der Waals surface area contributed by atoms with Crippen LogP contribution in [0, 0.1) is 0 Å². The number of piperidine rings is 2. The van der Waals surface area contributed by atoms with E-state index in [-0.39, 0.29) is 48.4 Å². The molecule has 0 N–H and O–H groups in total. The zero-order valence-electron chi connectivity index (χ0n) is 23.8. The van der Waals surface area contributed by atoms with Crippen LogP contribution in [0.25, 0.3) is 0 Å². The Morgan fingerprint density at radius 3 is 2.15 bits per heavy atom. The number of hydrogen-bond donors (Lipinski definition) is 0. The number of carbonyl (C=O) groups excluding carboxylic acids is 2. The number of alkyl halides is 3. The van der Waals surface area contributed by atoms with Gasteiger partial charge in [-0.3, -0.25) is 9.59 Å². The third-order valence-electron chi connectivity index (χ3n) is 7.58. The van der Waals surface area contributed by atoms with Crippen molar-refractivity contribution < 1.29 is 37.0 Å². The Morgan fingerprint density at radius 2 is 1.59 bits per heavy atom. The number of benzene rings is 1. The molecular weight excluding hydrogens is 541 g/mol. The van der Waals surface area contributed by atoms with Crippen molar-refractivity contribution in [2.75, 3.05) is 59.4 Å². The number of hydrogen-bond acceptors (Lipinski definition) is 7. The molecule has 2 fully saturated rings. The second-order valence-corrected chi connectivity index (χ2v) is 10.5. The number of amides is 2. The summed E-state index contributed by atoms with van der Waals surface area (Å²) in [7, 11) is 6.20. The number of rotatable bonds is 8. The summed E-state index contributed by atoms with van der Waals surface area (Å²) in [5, 5.41) is 0. The van der Waals surface area contributed by atoms with Crippen molar-refractivity contribution >= 4 is 17.6 Å². The van der Waals surface area contributed by atoms with Crippen molar-refractivity contribution in [3.8, 4) is 11.6 Å². The average Bonchev–Trinajstić information content (AvgIpc) is 2.96. The van der Waals surface area contributed by atoms with Crippen molar-refractivity contribution in [2.24, 2.45) is 0 Å². The highest BCUT2D eigenvalue weighted by Gasteiger charge is 2.48. The minimum atomic E-state index is -4.72. The molecule has 1 atom stereocenters. The van der Waals surface area contributed by atoms with Crippen LogP contribution in [0.3, 0.4) is 0 Å². The number of carbonyl (C=O) groups is 2. The summed E-state index contributed by atoms with van der Waals surface area (Å²) in [5.74, 6) is -2.10. The molecule has 2 aliphatic rings. The molecule has 3 heterocycles. The molecule has 2 aliphatic heterocycles. The molecule has 0 spiro atoms. The number of pyridine rings is 1. The van der Waals surface area contributed by atoms with E-state index in [1.807, 2.05) is 6.07 Å². The molecule has 1 unspecified atom stereocenters. The van der Waals surface area contributed by atoms with E-state index < -0.39 is 18.0 Å². The lowest BCUT2D eigenvalue weighted by molar-refractivity contribution is -0.173. The molecule has 0 radical (unpaired) electrons. The summed E-state index contributed by atoms with van der Waals surface area (Å²) in [5.41, 5.74) is 0.271. The van der Waals surface area contributed by atoms with E-state index in [4.69, 9.17) is 14.2 Å². The van der Waals surface area contributed by atoms with E-state index in [1.54, 1.807) is 26.2 Å². The van der Waals surface area contributed by atoms with Gasteiger partial charge in [0.1, 0.15) is 17.1 Å². The zero-order valence-corrected chi connectivity index (χ0v) is 23.8. The maximum atomic E-state index is 14.0. The topological polar surface area (TPSA) is 84.4 Å². The molecule has 0 bridgehead atoms. The fourth-order valence-electron chi connectivity index (χ4n) is 5.35. The number of halogens is 3. The van der Waals surface area contributed by atoms with Gasteiger partial charge in [-0.1, -0.05) is 12.1 Å². The Bertz CT molecular complexity index is 1210.